The predicted molar refractivity (Wildman–Crippen MR) is 83.1 cm³/mol. The molecule has 0 saturated heterocycles. The highest BCUT2D eigenvalue weighted by Crippen LogP contribution is 2.32. The minimum absolute atomic E-state index is 0.0352. The van der Waals surface area contributed by atoms with Gasteiger partial charge in [0.15, 0.2) is 0 Å². The smallest absolute Gasteiger partial charge is 0.256 e. The van der Waals surface area contributed by atoms with Gasteiger partial charge in [0.1, 0.15) is 0 Å². The number of amides is 1. The number of nitrogens with one attached hydrogen (secondary N) is 1. The fourth-order valence-electron chi connectivity index (χ4n) is 2.36. The number of allylic oxidation sites excluding steroid dienone is 2. The topological polar surface area (TPSA) is 29.1 Å². The van der Waals surface area contributed by atoms with Gasteiger partial charge in [-0.3, -0.25) is 4.79 Å². The molecule has 0 bridgehead atoms. The van der Waals surface area contributed by atoms with Gasteiger partial charge in [0.2, 0.25) is 0 Å². The zero-order valence-corrected chi connectivity index (χ0v) is 11.3. The highest BCUT2D eigenvalue weighted by atomic mass is 16.2. The molecule has 1 N–H and O–H groups in total. The van der Waals surface area contributed by atoms with E-state index in [0.29, 0.717) is 0 Å². The Bertz CT molecular complexity index is 711. The summed E-state index contributed by atoms with van der Waals surface area (Å²) in [6, 6.07) is 17.9. The largest absolute Gasteiger partial charge is 0.321 e. The standard InChI is InChI=1S/C18H15NO/c1-13(11-14-7-3-2-4-8-14)12-16-15-9-5-6-10-17(15)19-18(16)20/h2-12H,1H3,(H,19,20)/b13-11+,16-12+. The molecule has 0 aromatic heterocycles. The van der Waals surface area contributed by atoms with Gasteiger partial charge < -0.3 is 5.32 Å². The molecule has 0 fully saturated rings. The van der Waals surface area contributed by atoms with Crippen molar-refractivity contribution in [3.63, 3.8) is 0 Å². The van der Waals surface area contributed by atoms with Crippen molar-refractivity contribution in [1.29, 1.82) is 0 Å². The van der Waals surface area contributed by atoms with Gasteiger partial charge in [-0.05, 0) is 30.2 Å². The van der Waals surface area contributed by atoms with Gasteiger partial charge in [0, 0.05) is 16.8 Å². The third-order valence-corrected chi connectivity index (χ3v) is 3.28. The van der Waals surface area contributed by atoms with Crippen LogP contribution in [0.15, 0.2) is 66.2 Å². The summed E-state index contributed by atoms with van der Waals surface area (Å²) >= 11 is 0. The molecule has 2 aromatic rings. The lowest BCUT2D eigenvalue weighted by molar-refractivity contribution is -0.110. The lowest BCUT2D eigenvalue weighted by Gasteiger charge is -1.99. The molecule has 0 atom stereocenters. The lowest BCUT2D eigenvalue weighted by Crippen LogP contribution is -2.03. The van der Waals surface area contributed by atoms with Crippen LogP contribution in [-0.2, 0) is 4.79 Å². The second-order valence-electron chi connectivity index (χ2n) is 4.86. The van der Waals surface area contributed by atoms with Crippen LogP contribution in [0.4, 0.5) is 5.69 Å². The molecule has 2 nitrogen and oxygen atoms in total. The predicted octanol–water partition coefficient (Wildman–Crippen LogP) is 4.13. The third-order valence-electron chi connectivity index (χ3n) is 3.28. The molecule has 2 aromatic carbocycles. The number of benzene rings is 2. The Kier molecular flexibility index (Phi) is 3.21. The minimum Gasteiger partial charge on any atom is -0.321 e. The van der Waals surface area contributed by atoms with Crippen LogP contribution in [-0.4, -0.2) is 5.91 Å². The van der Waals surface area contributed by atoms with Gasteiger partial charge in [-0.15, -0.1) is 0 Å². The maximum atomic E-state index is 12.0. The Balaban J connectivity index is 1.97. The van der Waals surface area contributed by atoms with Crippen LogP contribution in [0.25, 0.3) is 11.6 Å². The Morgan fingerprint density at radius 1 is 1.00 bits per heavy atom. The number of para-hydroxylation sites is 1. The van der Waals surface area contributed by atoms with Crippen molar-refractivity contribution >= 4 is 23.2 Å². The van der Waals surface area contributed by atoms with Gasteiger partial charge in [0.05, 0.1) is 0 Å². The molecule has 0 unspecified atom stereocenters. The number of rotatable bonds is 2. The van der Waals surface area contributed by atoms with Gasteiger partial charge in [0.25, 0.3) is 5.91 Å². The Hall–Kier alpha value is -2.61. The van der Waals surface area contributed by atoms with Crippen LogP contribution in [0.5, 0.6) is 0 Å². The summed E-state index contributed by atoms with van der Waals surface area (Å²) in [5, 5.41) is 2.88. The quantitative estimate of drug-likeness (QED) is 0.809. The summed E-state index contributed by atoms with van der Waals surface area (Å²) in [7, 11) is 0. The maximum Gasteiger partial charge on any atom is 0.256 e. The maximum absolute atomic E-state index is 12.0. The van der Waals surface area contributed by atoms with E-state index in [1.165, 1.54) is 0 Å². The van der Waals surface area contributed by atoms with E-state index in [0.717, 1.165) is 28.0 Å². The van der Waals surface area contributed by atoms with Crippen LogP contribution < -0.4 is 5.32 Å². The molecule has 0 radical (unpaired) electrons. The van der Waals surface area contributed by atoms with Gasteiger partial charge in [-0.1, -0.05) is 54.6 Å². The average Bonchev–Trinajstić information content (AvgIpc) is 2.76. The number of hydrogen-bond donors (Lipinski definition) is 1. The summed E-state index contributed by atoms with van der Waals surface area (Å²) in [5.41, 5.74) is 4.77. The molecular formula is C18H15NO. The van der Waals surface area contributed by atoms with Gasteiger partial charge in [-0.25, -0.2) is 0 Å². The summed E-state index contributed by atoms with van der Waals surface area (Å²) < 4.78 is 0. The van der Waals surface area contributed by atoms with E-state index in [-0.39, 0.29) is 5.91 Å². The zero-order chi connectivity index (χ0) is 13.9. The minimum atomic E-state index is -0.0352. The summed E-state index contributed by atoms with van der Waals surface area (Å²) in [4.78, 5) is 12.0. The summed E-state index contributed by atoms with van der Waals surface area (Å²) in [5.74, 6) is -0.0352. The molecule has 1 amide bonds. The van der Waals surface area contributed by atoms with Crippen LogP contribution >= 0.6 is 0 Å². The van der Waals surface area contributed by atoms with E-state index in [2.05, 4.69) is 11.4 Å². The second kappa shape index (κ2) is 5.17. The van der Waals surface area contributed by atoms with Crippen LogP contribution in [0.1, 0.15) is 18.1 Å². The SMILES string of the molecule is CC(=C\c1ccccc1)/C=C1/C(=O)Nc2ccccc21. The van der Waals surface area contributed by atoms with Crippen molar-refractivity contribution in [3.05, 3.63) is 77.4 Å². The van der Waals surface area contributed by atoms with Gasteiger partial charge in [-0.2, -0.15) is 0 Å². The second-order valence-corrected chi connectivity index (χ2v) is 4.86. The van der Waals surface area contributed by atoms with Crippen molar-refractivity contribution in [2.45, 2.75) is 6.92 Å². The van der Waals surface area contributed by atoms with Crippen molar-refractivity contribution in [3.8, 4) is 0 Å². The normalized spacial score (nSPS) is 16.1. The monoisotopic (exact) mass is 261 g/mol. The lowest BCUT2D eigenvalue weighted by atomic mass is 10.0. The van der Waals surface area contributed by atoms with E-state index in [9.17, 15) is 4.79 Å². The molecule has 2 heteroatoms. The number of anilines is 1. The van der Waals surface area contributed by atoms with E-state index < -0.39 is 0 Å². The van der Waals surface area contributed by atoms with Crippen molar-refractivity contribution in [2.24, 2.45) is 0 Å². The van der Waals surface area contributed by atoms with E-state index in [4.69, 9.17) is 0 Å². The van der Waals surface area contributed by atoms with Gasteiger partial charge >= 0.3 is 0 Å². The number of hydrogen-bond acceptors (Lipinski definition) is 1. The molecular weight excluding hydrogens is 246 g/mol. The first-order valence-corrected chi connectivity index (χ1v) is 6.60. The molecule has 98 valence electrons. The van der Waals surface area contributed by atoms with Crippen LogP contribution in [0.3, 0.4) is 0 Å². The summed E-state index contributed by atoms with van der Waals surface area (Å²) in [6.45, 7) is 2.01. The number of carbonyl (C=O) groups excluding carboxylic acids is 1. The number of fused-ring (bicyclic) bond motifs is 1. The molecule has 0 saturated carbocycles. The molecule has 0 aliphatic carbocycles. The van der Waals surface area contributed by atoms with Crippen molar-refractivity contribution in [2.75, 3.05) is 5.32 Å². The van der Waals surface area contributed by atoms with E-state index in [1.807, 2.05) is 67.6 Å². The number of carbonyl (C=O) groups is 1. The molecule has 1 aliphatic heterocycles. The summed E-state index contributed by atoms with van der Waals surface area (Å²) in [6.07, 6.45) is 4.01. The molecule has 20 heavy (non-hydrogen) atoms. The fraction of sp³-hybridized carbons (Fsp3) is 0.0556. The first-order chi connectivity index (χ1) is 9.74. The molecule has 3 rings (SSSR count). The Morgan fingerprint density at radius 3 is 2.50 bits per heavy atom. The van der Waals surface area contributed by atoms with E-state index >= 15 is 0 Å². The highest BCUT2D eigenvalue weighted by Gasteiger charge is 2.22. The average molecular weight is 261 g/mol. The van der Waals surface area contributed by atoms with Crippen molar-refractivity contribution in [1.82, 2.24) is 0 Å². The fourth-order valence-corrected chi connectivity index (χ4v) is 2.36. The van der Waals surface area contributed by atoms with Crippen LogP contribution in [0.2, 0.25) is 0 Å². The first kappa shape index (κ1) is 12.4. The molecule has 1 aliphatic rings. The molecule has 0 spiro atoms. The first-order valence-electron chi connectivity index (χ1n) is 6.60. The Labute approximate surface area is 118 Å². The molecule has 1 heterocycles. The third kappa shape index (κ3) is 2.41. The van der Waals surface area contributed by atoms with Crippen LogP contribution in [0, 0.1) is 0 Å². The van der Waals surface area contributed by atoms with Crippen molar-refractivity contribution < 1.29 is 4.79 Å². The highest BCUT2D eigenvalue weighted by molar-refractivity contribution is 6.31. The Morgan fingerprint density at radius 2 is 1.70 bits per heavy atom. The zero-order valence-electron chi connectivity index (χ0n) is 11.3. The van der Waals surface area contributed by atoms with E-state index in [1.54, 1.807) is 0 Å².